The number of likely N-dealkylation sites (N-methyl/N-ethyl adjacent to an activating group) is 1. The number of carbonyl (C=O) groups excluding carboxylic acids is 2. The highest BCUT2D eigenvalue weighted by molar-refractivity contribution is 5.94. The molecule has 6 nitrogen and oxygen atoms in total. The van der Waals surface area contributed by atoms with E-state index in [1.54, 1.807) is 48.0 Å². The lowest BCUT2D eigenvalue weighted by Crippen LogP contribution is -2.57. The van der Waals surface area contributed by atoms with E-state index >= 15 is 0 Å². The van der Waals surface area contributed by atoms with Crippen LogP contribution in [0.25, 0.3) is 0 Å². The minimum Gasteiger partial charge on any atom is -0.489 e. The predicted molar refractivity (Wildman–Crippen MR) is 89.6 cm³/mol. The SMILES string of the molecule is C=C(C)COc1ccc(NC(=O)N2CCN(C)C(=O)[C@@H]2C)cc1. The summed E-state index contributed by atoms with van der Waals surface area (Å²) < 4.78 is 5.51. The summed E-state index contributed by atoms with van der Waals surface area (Å²) in [7, 11) is 1.75. The van der Waals surface area contributed by atoms with E-state index in [0.717, 1.165) is 5.57 Å². The van der Waals surface area contributed by atoms with Crippen molar-refractivity contribution in [2.45, 2.75) is 19.9 Å². The highest BCUT2D eigenvalue weighted by Crippen LogP contribution is 2.18. The first-order valence-corrected chi connectivity index (χ1v) is 7.58. The first-order chi connectivity index (χ1) is 10.9. The second kappa shape index (κ2) is 7.17. The van der Waals surface area contributed by atoms with Crippen LogP contribution in [0.4, 0.5) is 10.5 Å². The molecule has 6 heteroatoms. The number of nitrogens with one attached hydrogen (secondary N) is 1. The topological polar surface area (TPSA) is 61.9 Å². The van der Waals surface area contributed by atoms with Crippen molar-refractivity contribution in [2.24, 2.45) is 0 Å². The largest absolute Gasteiger partial charge is 0.489 e. The van der Waals surface area contributed by atoms with Gasteiger partial charge in [0.25, 0.3) is 0 Å². The average molecular weight is 317 g/mol. The van der Waals surface area contributed by atoms with Crippen LogP contribution in [0.5, 0.6) is 5.75 Å². The Labute approximate surface area is 136 Å². The number of anilines is 1. The van der Waals surface area contributed by atoms with Crippen molar-refractivity contribution in [2.75, 3.05) is 32.1 Å². The molecule has 0 saturated carbocycles. The molecule has 1 heterocycles. The normalized spacial score (nSPS) is 17.9. The Balaban J connectivity index is 1.95. The van der Waals surface area contributed by atoms with Gasteiger partial charge in [0.2, 0.25) is 5.91 Å². The molecule has 1 fully saturated rings. The molecule has 1 aliphatic rings. The zero-order chi connectivity index (χ0) is 17.0. The van der Waals surface area contributed by atoms with E-state index in [1.807, 2.05) is 6.92 Å². The van der Waals surface area contributed by atoms with Crippen molar-refractivity contribution in [1.82, 2.24) is 9.80 Å². The Morgan fingerprint density at radius 2 is 2.00 bits per heavy atom. The number of piperazine rings is 1. The van der Waals surface area contributed by atoms with Crippen LogP contribution in [0.2, 0.25) is 0 Å². The molecule has 23 heavy (non-hydrogen) atoms. The standard InChI is InChI=1S/C17H23N3O3/c1-12(2)11-23-15-7-5-14(6-8-15)18-17(22)20-10-9-19(4)16(21)13(20)3/h5-8,13H,1,9-11H2,2-4H3,(H,18,22)/t13-/m0/s1. The molecule has 1 aromatic rings. The molecule has 1 aliphatic heterocycles. The third-order valence-electron chi connectivity index (χ3n) is 3.73. The van der Waals surface area contributed by atoms with Gasteiger partial charge < -0.3 is 19.9 Å². The van der Waals surface area contributed by atoms with E-state index in [1.165, 1.54) is 0 Å². The smallest absolute Gasteiger partial charge is 0.322 e. The molecule has 0 bridgehead atoms. The molecule has 0 spiro atoms. The Morgan fingerprint density at radius 1 is 1.35 bits per heavy atom. The number of nitrogens with zero attached hydrogens (tertiary/aromatic N) is 2. The Kier molecular flexibility index (Phi) is 5.26. The van der Waals surface area contributed by atoms with Crippen LogP contribution in [0.3, 0.4) is 0 Å². The summed E-state index contributed by atoms with van der Waals surface area (Å²) in [5, 5.41) is 2.81. The summed E-state index contributed by atoms with van der Waals surface area (Å²) >= 11 is 0. The van der Waals surface area contributed by atoms with Crippen molar-refractivity contribution in [3.8, 4) is 5.75 Å². The maximum Gasteiger partial charge on any atom is 0.322 e. The molecule has 1 N–H and O–H groups in total. The van der Waals surface area contributed by atoms with E-state index in [4.69, 9.17) is 4.74 Å². The monoisotopic (exact) mass is 317 g/mol. The van der Waals surface area contributed by atoms with Gasteiger partial charge in [-0.15, -0.1) is 0 Å². The predicted octanol–water partition coefficient (Wildman–Crippen LogP) is 2.34. The van der Waals surface area contributed by atoms with Gasteiger partial charge >= 0.3 is 6.03 Å². The number of rotatable bonds is 4. The summed E-state index contributed by atoms with van der Waals surface area (Å²) in [5.41, 5.74) is 1.60. The number of carbonyl (C=O) groups is 2. The average Bonchev–Trinajstić information content (AvgIpc) is 2.52. The van der Waals surface area contributed by atoms with Crippen LogP contribution in [-0.4, -0.2) is 54.5 Å². The van der Waals surface area contributed by atoms with E-state index in [-0.39, 0.29) is 11.9 Å². The van der Waals surface area contributed by atoms with Gasteiger partial charge in [-0.05, 0) is 43.7 Å². The maximum absolute atomic E-state index is 12.3. The fraction of sp³-hybridized carbons (Fsp3) is 0.412. The van der Waals surface area contributed by atoms with Gasteiger partial charge in [0.05, 0.1) is 0 Å². The van der Waals surface area contributed by atoms with Crippen molar-refractivity contribution >= 4 is 17.6 Å². The Morgan fingerprint density at radius 3 is 2.61 bits per heavy atom. The van der Waals surface area contributed by atoms with E-state index < -0.39 is 6.04 Å². The number of benzene rings is 1. The summed E-state index contributed by atoms with van der Waals surface area (Å²) in [5.74, 6) is 0.670. The fourth-order valence-electron chi connectivity index (χ4n) is 2.33. The van der Waals surface area contributed by atoms with Crippen LogP contribution in [-0.2, 0) is 4.79 Å². The molecule has 1 atom stereocenters. The third-order valence-corrected chi connectivity index (χ3v) is 3.73. The van der Waals surface area contributed by atoms with Gasteiger partial charge in [0, 0.05) is 25.8 Å². The molecule has 0 aromatic heterocycles. The Hall–Kier alpha value is -2.50. The van der Waals surface area contributed by atoms with Gasteiger partial charge in [0.15, 0.2) is 0 Å². The van der Waals surface area contributed by atoms with Crippen LogP contribution < -0.4 is 10.1 Å². The molecule has 1 saturated heterocycles. The molecule has 124 valence electrons. The Bertz CT molecular complexity index is 598. The molecular formula is C17H23N3O3. The molecular weight excluding hydrogens is 294 g/mol. The lowest BCUT2D eigenvalue weighted by molar-refractivity contribution is -0.137. The van der Waals surface area contributed by atoms with E-state index in [2.05, 4.69) is 11.9 Å². The van der Waals surface area contributed by atoms with Crippen LogP contribution in [0.1, 0.15) is 13.8 Å². The van der Waals surface area contributed by atoms with Crippen LogP contribution in [0, 0.1) is 0 Å². The van der Waals surface area contributed by atoms with E-state index in [9.17, 15) is 9.59 Å². The number of ether oxygens (including phenoxy) is 1. The highest BCUT2D eigenvalue weighted by Gasteiger charge is 2.32. The van der Waals surface area contributed by atoms with E-state index in [0.29, 0.717) is 31.1 Å². The number of hydrogen-bond donors (Lipinski definition) is 1. The summed E-state index contributed by atoms with van der Waals surface area (Å²) in [6, 6.07) is 6.40. The minimum absolute atomic E-state index is 0.0463. The number of urea groups is 1. The lowest BCUT2D eigenvalue weighted by atomic mass is 10.2. The van der Waals surface area contributed by atoms with Crippen molar-refractivity contribution < 1.29 is 14.3 Å². The summed E-state index contributed by atoms with van der Waals surface area (Å²) in [6.07, 6.45) is 0. The number of amides is 3. The van der Waals surface area contributed by atoms with Crippen molar-refractivity contribution in [3.63, 3.8) is 0 Å². The van der Waals surface area contributed by atoms with Crippen molar-refractivity contribution in [3.05, 3.63) is 36.4 Å². The molecule has 0 radical (unpaired) electrons. The van der Waals surface area contributed by atoms with Gasteiger partial charge in [-0.3, -0.25) is 4.79 Å². The zero-order valence-corrected chi connectivity index (χ0v) is 13.8. The third kappa shape index (κ3) is 4.25. The first kappa shape index (κ1) is 16.9. The highest BCUT2D eigenvalue weighted by atomic mass is 16.5. The summed E-state index contributed by atoms with van der Waals surface area (Å²) in [4.78, 5) is 27.5. The quantitative estimate of drug-likeness (QED) is 0.867. The molecule has 3 amide bonds. The van der Waals surface area contributed by atoms with Gasteiger partial charge in [0.1, 0.15) is 18.4 Å². The second-order valence-electron chi connectivity index (χ2n) is 5.83. The number of hydrogen-bond acceptors (Lipinski definition) is 3. The van der Waals surface area contributed by atoms with Gasteiger partial charge in [-0.25, -0.2) is 4.79 Å². The van der Waals surface area contributed by atoms with Crippen LogP contribution in [0.15, 0.2) is 36.4 Å². The molecule has 0 unspecified atom stereocenters. The molecule has 1 aromatic carbocycles. The van der Waals surface area contributed by atoms with Gasteiger partial charge in [-0.1, -0.05) is 6.58 Å². The molecule has 0 aliphatic carbocycles. The zero-order valence-electron chi connectivity index (χ0n) is 13.8. The van der Waals surface area contributed by atoms with Gasteiger partial charge in [-0.2, -0.15) is 0 Å². The minimum atomic E-state index is -0.452. The second-order valence-corrected chi connectivity index (χ2v) is 5.83. The fourth-order valence-corrected chi connectivity index (χ4v) is 2.33. The van der Waals surface area contributed by atoms with Crippen molar-refractivity contribution in [1.29, 1.82) is 0 Å². The molecule has 2 rings (SSSR count). The lowest BCUT2D eigenvalue weighted by Gasteiger charge is -2.37. The van der Waals surface area contributed by atoms with Crippen LogP contribution >= 0.6 is 0 Å². The first-order valence-electron chi connectivity index (χ1n) is 7.58. The summed E-state index contributed by atoms with van der Waals surface area (Å²) in [6.45, 7) is 8.95. The maximum atomic E-state index is 12.3.